The molecule has 1 aliphatic rings. The molecule has 0 atom stereocenters. The van der Waals surface area contributed by atoms with Crippen molar-refractivity contribution < 1.29 is 9.53 Å². The molecule has 0 N–H and O–H groups in total. The molecule has 1 heterocycles. The zero-order valence-corrected chi connectivity index (χ0v) is 15.8. The molecule has 4 nitrogen and oxygen atoms in total. The third kappa shape index (κ3) is 4.97. The minimum atomic E-state index is 0.211. The van der Waals surface area contributed by atoms with E-state index in [1.807, 2.05) is 17.0 Å². The van der Waals surface area contributed by atoms with E-state index in [2.05, 4.69) is 38.7 Å². The number of anilines is 1. The molecule has 0 spiro atoms. The van der Waals surface area contributed by atoms with Crippen LogP contribution in [0.25, 0.3) is 0 Å². The fourth-order valence-electron chi connectivity index (χ4n) is 3.47. The van der Waals surface area contributed by atoms with E-state index in [9.17, 15) is 4.79 Å². The van der Waals surface area contributed by atoms with Gasteiger partial charge in [-0.1, -0.05) is 27.7 Å². The summed E-state index contributed by atoms with van der Waals surface area (Å²) in [6.07, 6.45) is 2.03. The van der Waals surface area contributed by atoms with Crippen LogP contribution < -0.4 is 9.64 Å². The van der Waals surface area contributed by atoms with E-state index in [0.717, 1.165) is 43.9 Å². The number of hydrogen-bond donors (Lipinski definition) is 0. The fraction of sp³-hybridized carbons (Fsp3) is 0.650. The number of ether oxygens (including phenoxy) is 1. The number of rotatable bonds is 7. The van der Waals surface area contributed by atoms with Crippen molar-refractivity contribution in [1.82, 2.24) is 4.90 Å². The Bertz CT molecular complexity index is 545. The van der Waals surface area contributed by atoms with E-state index < -0.39 is 0 Å². The summed E-state index contributed by atoms with van der Waals surface area (Å²) in [7, 11) is 1.68. The third-order valence-electron chi connectivity index (χ3n) is 4.31. The maximum Gasteiger partial charge on any atom is 0.241 e. The highest BCUT2D eigenvalue weighted by atomic mass is 16.5. The number of benzene rings is 1. The van der Waals surface area contributed by atoms with Crippen LogP contribution in [-0.4, -0.2) is 44.1 Å². The molecule has 134 valence electrons. The molecule has 1 aromatic carbocycles. The molecule has 2 rings (SSSR count). The van der Waals surface area contributed by atoms with Gasteiger partial charge in [0, 0.05) is 25.3 Å². The van der Waals surface area contributed by atoms with E-state index in [-0.39, 0.29) is 5.91 Å². The molecular weight excluding hydrogens is 300 g/mol. The lowest BCUT2D eigenvalue weighted by Gasteiger charge is -2.33. The van der Waals surface area contributed by atoms with Crippen LogP contribution in [0.15, 0.2) is 18.2 Å². The monoisotopic (exact) mass is 332 g/mol. The zero-order chi connectivity index (χ0) is 17.7. The van der Waals surface area contributed by atoms with Crippen LogP contribution in [0.2, 0.25) is 0 Å². The molecule has 1 aromatic rings. The van der Waals surface area contributed by atoms with E-state index in [1.54, 1.807) is 7.11 Å². The van der Waals surface area contributed by atoms with Gasteiger partial charge in [-0.25, -0.2) is 0 Å². The average molecular weight is 332 g/mol. The standard InChI is InChI=1S/C20H32N2O2/c1-15(2)12-21(13-16(3)4)14-20(23)22-10-6-7-17-11-18(24-5)8-9-19(17)22/h8-9,11,15-16H,6-7,10,12-14H2,1-5H3. The first-order valence-electron chi connectivity index (χ1n) is 9.10. The highest BCUT2D eigenvalue weighted by molar-refractivity contribution is 5.96. The fourth-order valence-corrected chi connectivity index (χ4v) is 3.47. The van der Waals surface area contributed by atoms with Crippen molar-refractivity contribution in [2.45, 2.75) is 40.5 Å². The van der Waals surface area contributed by atoms with Gasteiger partial charge in [0.1, 0.15) is 5.75 Å². The van der Waals surface area contributed by atoms with Gasteiger partial charge >= 0.3 is 0 Å². The Balaban J connectivity index is 2.12. The van der Waals surface area contributed by atoms with Crippen molar-refractivity contribution in [2.75, 3.05) is 38.2 Å². The predicted octanol–water partition coefficient (Wildman–Crippen LogP) is 3.59. The van der Waals surface area contributed by atoms with Crippen molar-refractivity contribution in [3.8, 4) is 5.75 Å². The second-order valence-electron chi connectivity index (χ2n) is 7.63. The normalized spacial score (nSPS) is 14.4. The van der Waals surface area contributed by atoms with Crippen LogP contribution >= 0.6 is 0 Å². The maximum atomic E-state index is 12.9. The summed E-state index contributed by atoms with van der Waals surface area (Å²) < 4.78 is 5.32. The van der Waals surface area contributed by atoms with Crippen LogP contribution in [0.3, 0.4) is 0 Å². The molecule has 1 aliphatic heterocycles. The molecule has 4 heteroatoms. The van der Waals surface area contributed by atoms with Crippen molar-refractivity contribution >= 4 is 11.6 Å². The van der Waals surface area contributed by atoms with Gasteiger partial charge in [-0.2, -0.15) is 0 Å². The topological polar surface area (TPSA) is 32.8 Å². The van der Waals surface area contributed by atoms with Gasteiger partial charge in [-0.3, -0.25) is 9.69 Å². The molecule has 0 radical (unpaired) electrons. The molecule has 0 fully saturated rings. The third-order valence-corrected chi connectivity index (χ3v) is 4.31. The first-order valence-corrected chi connectivity index (χ1v) is 9.10. The van der Waals surface area contributed by atoms with Gasteiger partial charge in [0.05, 0.1) is 13.7 Å². The SMILES string of the molecule is COc1ccc2c(c1)CCCN2C(=O)CN(CC(C)C)CC(C)C. The summed E-state index contributed by atoms with van der Waals surface area (Å²) in [6.45, 7) is 12.1. The van der Waals surface area contributed by atoms with Gasteiger partial charge in [-0.15, -0.1) is 0 Å². The van der Waals surface area contributed by atoms with Crippen molar-refractivity contribution in [2.24, 2.45) is 11.8 Å². The maximum absolute atomic E-state index is 12.9. The van der Waals surface area contributed by atoms with Crippen molar-refractivity contribution in [3.63, 3.8) is 0 Å². The minimum Gasteiger partial charge on any atom is -0.497 e. The van der Waals surface area contributed by atoms with Crippen molar-refractivity contribution in [1.29, 1.82) is 0 Å². The van der Waals surface area contributed by atoms with Crippen LogP contribution in [-0.2, 0) is 11.2 Å². The van der Waals surface area contributed by atoms with Crippen LogP contribution in [0.4, 0.5) is 5.69 Å². The Hall–Kier alpha value is -1.55. The summed E-state index contributed by atoms with van der Waals surface area (Å²) in [4.78, 5) is 17.2. The molecular formula is C20H32N2O2. The Kier molecular flexibility index (Phi) is 6.67. The highest BCUT2D eigenvalue weighted by Gasteiger charge is 2.24. The van der Waals surface area contributed by atoms with Crippen LogP contribution in [0, 0.1) is 11.8 Å². The summed E-state index contributed by atoms with van der Waals surface area (Å²) >= 11 is 0. The smallest absolute Gasteiger partial charge is 0.241 e. The average Bonchev–Trinajstić information content (AvgIpc) is 2.52. The van der Waals surface area contributed by atoms with Crippen molar-refractivity contribution in [3.05, 3.63) is 23.8 Å². The Morgan fingerprint density at radius 3 is 2.46 bits per heavy atom. The summed E-state index contributed by atoms with van der Waals surface area (Å²) in [6, 6.07) is 6.04. The lowest BCUT2D eigenvalue weighted by Crippen LogP contribution is -2.44. The summed E-state index contributed by atoms with van der Waals surface area (Å²) in [5.41, 5.74) is 2.27. The number of aryl methyl sites for hydroxylation is 1. The number of carbonyl (C=O) groups excluding carboxylic acids is 1. The molecule has 0 saturated heterocycles. The van der Waals surface area contributed by atoms with Gasteiger partial charge in [0.2, 0.25) is 5.91 Å². The lowest BCUT2D eigenvalue weighted by molar-refractivity contribution is -0.120. The number of carbonyl (C=O) groups is 1. The zero-order valence-electron chi connectivity index (χ0n) is 15.8. The predicted molar refractivity (Wildman–Crippen MR) is 99.8 cm³/mol. The van der Waals surface area contributed by atoms with Gasteiger partial charge in [0.15, 0.2) is 0 Å². The first kappa shape index (κ1) is 18.8. The molecule has 0 bridgehead atoms. The number of hydrogen-bond acceptors (Lipinski definition) is 3. The second kappa shape index (κ2) is 8.52. The van der Waals surface area contributed by atoms with E-state index in [1.165, 1.54) is 5.56 Å². The number of fused-ring (bicyclic) bond motifs is 1. The molecule has 0 saturated carbocycles. The lowest BCUT2D eigenvalue weighted by atomic mass is 10.0. The van der Waals surface area contributed by atoms with Crippen LogP contribution in [0.1, 0.15) is 39.7 Å². The minimum absolute atomic E-state index is 0.211. The number of nitrogens with zero attached hydrogens (tertiary/aromatic N) is 2. The summed E-state index contributed by atoms with van der Waals surface area (Å²) in [5, 5.41) is 0. The molecule has 24 heavy (non-hydrogen) atoms. The Morgan fingerprint density at radius 1 is 1.21 bits per heavy atom. The molecule has 1 amide bonds. The van der Waals surface area contributed by atoms with Gasteiger partial charge < -0.3 is 9.64 Å². The molecule has 0 aromatic heterocycles. The number of amides is 1. The Labute approximate surface area is 146 Å². The number of methoxy groups -OCH3 is 1. The highest BCUT2D eigenvalue weighted by Crippen LogP contribution is 2.30. The molecule has 0 aliphatic carbocycles. The Morgan fingerprint density at radius 2 is 1.88 bits per heavy atom. The summed E-state index contributed by atoms with van der Waals surface area (Å²) in [5.74, 6) is 2.20. The quantitative estimate of drug-likeness (QED) is 0.765. The van der Waals surface area contributed by atoms with E-state index in [4.69, 9.17) is 4.74 Å². The van der Waals surface area contributed by atoms with Gasteiger partial charge in [-0.05, 0) is 48.4 Å². The first-order chi connectivity index (χ1) is 11.4. The van der Waals surface area contributed by atoms with Gasteiger partial charge in [0.25, 0.3) is 0 Å². The molecule has 0 unspecified atom stereocenters. The van der Waals surface area contributed by atoms with Crippen LogP contribution in [0.5, 0.6) is 5.75 Å². The van der Waals surface area contributed by atoms with E-state index >= 15 is 0 Å². The second-order valence-corrected chi connectivity index (χ2v) is 7.63. The van der Waals surface area contributed by atoms with E-state index in [0.29, 0.717) is 18.4 Å². The largest absolute Gasteiger partial charge is 0.497 e.